The van der Waals surface area contributed by atoms with E-state index in [0.717, 1.165) is 13.1 Å². The Kier molecular flexibility index (Phi) is 16.5. The van der Waals surface area contributed by atoms with Crippen LogP contribution in [0.5, 0.6) is 0 Å². The Bertz CT molecular complexity index is 51.7. The average molecular weight is 215 g/mol. The summed E-state index contributed by atoms with van der Waals surface area (Å²) in [6, 6.07) is 0. The molecule has 0 aromatic carbocycles. The Morgan fingerprint density at radius 1 is 0.800 bits per heavy atom. The van der Waals surface area contributed by atoms with Gasteiger partial charge in [-0.05, 0) is 28.2 Å². The quantitative estimate of drug-likeness (QED) is 0.466. The Morgan fingerprint density at radius 2 is 1.00 bits per heavy atom. The molecule has 0 bridgehead atoms. The minimum Gasteiger partial charge on any atom is -1.00 e. The SMILES string of the molecule is CN(C)CCN(C)C.[Cl-].[Cu+]. The molecule has 0 fully saturated rings. The molecule has 0 unspecified atom stereocenters. The number of halogens is 1. The van der Waals surface area contributed by atoms with Gasteiger partial charge in [-0.3, -0.25) is 0 Å². The van der Waals surface area contributed by atoms with Crippen LogP contribution in [0.4, 0.5) is 0 Å². The predicted molar refractivity (Wildman–Crippen MR) is 37.1 cm³/mol. The van der Waals surface area contributed by atoms with E-state index in [0.29, 0.717) is 0 Å². The van der Waals surface area contributed by atoms with Gasteiger partial charge in [0.15, 0.2) is 0 Å². The van der Waals surface area contributed by atoms with E-state index in [1.807, 2.05) is 0 Å². The van der Waals surface area contributed by atoms with Crippen LogP contribution in [0.2, 0.25) is 0 Å². The van der Waals surface area contributed by atoms with Crippen molar-refractivity contribution in [3.8, 4) is 0 Å². The van der Waals surface area contributed by atoms with Crippen LogP contribution in [0.15, 0.2) is 0 Å². The third-order valence-corrected chi connectivity index (χ3v) is 0.994. The Balaban J connectivity index is -0.000000245. The van der Waals surface area contributed by atoms with Gasteiger partial charge in [0.25, 0.3) is 0 Å². The first-order valence-electron chi connectivity index (χ1n) is 2.92. The normalized spacial score (nSPS) is 9.00. The molecular formula is C6H16ClCuN2. The second-order valence-electron chi connectivity index (χ2n) is 2.61. The second kappa shape index (κ2) is 9.73. The zero-order chi connectivity index (χ0) is 6.57. The summed E-state index contributed by atoms with van der Waals surface area (Å²) in [5.41, 5.74) is 0. The number of rotatable bonds is 3. The molecule has 0 spiro atoms. The van der Waals surface area contributed by atoms with Gasteiger partial charge in [-0.15, -0.1) is 0 Å². The van der Waals surface area contributed by atoms with E-state index < -0.39 is 0 Å². The number of hydrogen-bond acceptors (Lipinski definition) is 2. The summed E-state index contributed by atoms with van der Waals surface area (Å²) >= 11 is 0. The second-order valence-corrected chi connectivity index (χ2v) is 2.61. The summed E-state index contributed by atoms with van der Waals surface area (Å²) in [6.07, 6.45) is 0. The van der Waals surface area contributed by atoms with Crippen LogP contribution in [-0.4, -0.2) is 51.1 Å². The van der Waals surface area contributed by atoms with Crippen molar-refractivity contribution in [3.05, 3.63) is 0 Å². The fourth-order valence-corrected chi connectivity index (χ4v) is 0.400. The van der Waals surface area contributed by atoms with E-state index in [1.165, 1.54) is 0 Å². The molecule has 0 aliphatic carbocycles. The molecule has 10 heavy (non-hydrogen) atoms. The van der Waals surface area contributed by atoms with Gasteiger partial charge in [-0.1, -0.05) is 0 Å². The zero-order valence-electron chi connectivity index (χ0n) is 6.99. The van der Waals surface area contributed by atoms with E-state index in [-0.39, 0.29) is 29.5 Å². The zero-order valence-corrected chi connectivity index (χ0v) is 8.69. The average Bonchev–Trinajstić information content (AvgIpc) is 1.61. The third-order valence-electron chi connectivity index (χ3n) is 0.994. The van der Waals surface area contributed by atoms with Crippen molar-refractivity contribution in [2.45, 2.75) is 0 Å². The van der Waals surface area contributed by atoms with E-state index in [2.05, 4.69) is 38.0 Å². The molecule has 0 atom stereocenters. The van der Waals surface area contributed by atoms with Crippen LogP contribution in [0.1, 0.15) is 0 Å². The van der Waals surface area contributed by atoms with Crippen LogP contribution in [-0.2, 0) is 17.1 Å². The first kappa shape index (κ1) is 17.0. The first-order valence-corrected chi connectivity index (χ1v) is 2.92. The van der Waals surface area contributed by atoms with Crippen molar-refractivity contribution >= 4 is 0 Å². The fourth-order valence-electron chi connectivity index (χ4n) is 0.400. The molecule has 4 heteroatoms. The van der Waals surface area contributed by atoms with E-state index in [4.69, 9.17) is 0 Å². The van der Waals surface area contributed by atoms with Gasteiger partial charge in [-0.2, -0.15) is 0 Å². The van der Waals surface area contributed by atoms with Crippen molar-refractivity contribution in [1.29, 1.82) is 0 Å². The molecule has 2 nitrogen and oxygen atoms in total. The number of hydrogen-bond donors (Lipinski definition) is 0. The summed E-state index contributed by atoms with van der Waals surface area (Å²) in [5, 5.41) is 0. The molecule has 68 valence electrons. The summed E-state index contributed by atoms with van der Waals surface area (Å²) < 4.78 is 0. The van der Waals surface area contributed by atoms with E-state index >= 15 is 0 Å². The Morgan fingerprint density at radius 3 is 1.10 bits per heavy atom. The smallest absolute Gasteiger partial charge is 1.00 e. The van der Waals surface area contributed by atoms with Crippen LogP contribution in [0, 0.1) is 0 Å². The molecule has 0 aliphatic rings. The molecule has 0 aliphatic heterocycles. The van der Waals surface area contributed by atoms with Gasteiger partial charge in [0, 0.05) is 13.1 Å². The monoisotopic (exact) mass is 214 g/mol. The summed E-state index contributed by atoms with van der Waals surface area (Å²) in [4.78, 5) is 4.36. The summed E-state index contributed by atoms with van der Waals surface area (Å²) in [6.45, 7) is 2.29. The van der Waals surface area contributed by atoms with Crippen molar-refractivity contribution in [1.82, 2.24) is 9.80 Å². The Labute approximate surface area is 80.8 Å². The van der Waals surface area contributed by atoms with Gasteiger partial charge in [-0.25, -0.2) is 0 Å². The van der Waals surface area contributed by atoms with Crippen molar-refractivity contribution < 1.29 is 29.5 Å². The molecule has 0 N–H and O–H groups in total. The summed E-state index contributed by atoms with van der Waals surface area (Å²) in [5.74, 6) is 0. The van der Waals surface area contributed by atoms with Gasteiger partial charge in [0.2, 0.25) is 0 Å². The predicted octanol–water partition coefficient (Wildman–Crippen LogP) is -2.89. The maximum Gasteiger partial charge on any atom is 1.00 e. The molecule has 0 heterocycles. The van der Waals surface area contributed by atoms with Crippen LogP contribution >= 0.6 is 0 Å². The van der Waals surface area contributed by atoms with Crippen LogP contribution in [0.25, 0.3) is 0 Å². The molecule has 0 saturated carbocycles. The molecule has 0 amide bonds. The van der Waals surface area contributed by atoms with Gasteiger partial charge in [0.1, 0.15) is 0 Å². The van der Waals surface area contributed by atoms with E-state index in [9.17, 15) is 0 Å². The van der Waals surface area contributed by atoms with Gasteiger partial charge >= 0.3 is 17.1 Å². The first-order chi connectivity index (χ1) is 3.63. The third kappa shape index (κ3) is 15.9. The number of nitrogens with zero attached hydrogens (tertiary/aromatic N) is 2. The maximum atomic E-state index is 2.18. The standard InChI is InChI=1S/C6H16N2.ClH.Cu/c1-7(2)5-6-8(3)4;;/h5-6H2,1-4H3;1H;/q;;+1/p-1. The molecular weight excluding hydrogens is 199 g/mol. The van der Waals surface area contributed by atoms with Crippen LogP contribution < -0.4 is 12.4 Å². The minimum atomic E-state index is 0. The minimum absolute atomic E-state index is 0. The van der Waals surface area contributed by atoms with Gasteiger partial charge in [0.05, 0.1) is 0 Å². The van der Waals surface area contributed by atoms with Crippen LogP contribution in [0.3, 0.4) is 0 Å². The number of likely N-dealkylation sites (N-methyl/N-ethyl adjacent to an activating group) is 2. The molecule has 0 saturated heterocycles. The van der Waals surface area contributed by atoms with Crippen molar-refractivity contribution in [3.63, 3.8) is 0 Å². The van der Waals surface area contributed by atoms with Crippen molar-refractivity contribution in [2.24, 2.45) is 0 Å². The molecule has 0 rings (SSSR count). The van der Waals surface area contributed by atoms with E-state index in [1.54, 1.807) is 0 Å². The van der Waals surface area contributed by atoms with Gasteiger partial charge < -0.3 is 22.2 Å². The molecule has 0 aromatic heterocycles. The Hall–Kier alpha value is 0.729. The topological polar surface area (TPSA) is 6.48 Å². The summed E-state index contributed by atoms with van der Waals surface area (Å²) in [7, 11) is 8.35. The maximum absolute atomic E-state index is 2.18. The fraction of sp³-hybridized carbons (Fsp3) is 1.00. The largest absolute Gasteiger partial charge is 1.00 e. The molecule has 0 aromatic rings. The van der Waals surface area contributed by atoms with Crippen molar-refractivity contribution in [2.75, 3.05) is 41.3 Å². The molecule has 0 radical (unpaired) electrons.